The summed E-state index contributed by atoms with van der Waals surface area (Å²) in [6, 6.07) is 7.96. The van der Waals surface area contributed by atoms with Gasteiger partial charge in [-0.05, 0) is 12.5 Å². The summed E-state index contributed by atoms with van der Waals surface area (Å²) in [7, 11) is 0. The lowest BCUT2D eigenvalue weighted by Gasteiger charge is -2.15. The van der Waals surface area contributed by atoms with E-state index >= 15 is 0 Å². The summed E-state index contributed by atoms with van der Waals surface area (Å²) in [5.74, 6) is 1.22. The Kier molecular flexibility index (Phi) is 3.23. The maximum atomic E-state index is 9.03. The molecule has 0 spiro atoms. The van der Waals surface area contributed by atoms with E-state index in [-0.39, 0.29) is 19.1 Å². The second kappa shape index (κ2) is 4.64. The van der Waals surface area contributed by atoms with E-state index in [0.717, 1.165) is 12.2 Å². The highest BCUT2D eigenvalue weighted by Crippen LogP contribution is 2.36. The number of aliphatic hydroxyl groups excluding tert-OH is 2. The molecule has 1 aromatic carbocycles. The standard InChI is InChI=1S/C12H16O3/c13-6-9(7-14)5-10-8-15-12-4-2-1-3-11(10)12/h1-4,9-10,13-14H,5-8H2. The summed E-state index contributed by atoms with van der Waals surface area (Å²) in [5, 5.41) is 18.1. The van der Waals surface area contributed by atoms with E-state index in [1.807, 2.05) is 18.2 Å². The maximum Gasteiger partial charge on any atom is 0.122 e. The van der Waals surface area contributed by atoms with Gasteiger partial charge in [-0.2, -0.15) is 0 Å². The van der Waals surface area contributed by atoms with Crippen LogP contribution in [-0.4, -0.2) is 30.0 Å². The lowest BCUT2D eigenvalue weighted by atomic mass is 9.91. The quantitative estimate of drug-likeness (QED) is 0.780. The molecule has 1 aliphatic rings. The van der Waals surface area contributed by atoms with Crippen LogP contribution < -0.4 is 4.74 Å². The lowest BCUT2D eigenvalue weighted by Crippen LogP contribution is -2.16. The number of ether oxygens (including phenoxy) is 1. The van der Waals surface area contributed by atoms with E-state index in [0.29, 0.717) is 12.5 Å². The highest BCUT2D eigenvalue weighted by atomic mass is 16.5. The van der Waals surface area contributed by atoms with Crippen LogP contribution in [0.3, 0.4) is 0 Å². The molecule has 1 unspecified atom stereocenters. The molecule has 82 valence electrons. The van der Waals surface area contributed by atoms with Crippen LogP contribution in [0.2, 0.25) is 0 Å². The van der Waals surface area contributed by atoms with E-state index in [1.54, 1.807) is 0 Å². The van der Waals surface area contributed by atoms with Crippen molar-refractivity contribution in [2.24, 2.45) is 5.92 Å². The summed E-state index contributed by atoms with van der Waals surface area (Å²) in [5.41, 5.74) is 1.20. The lowest BCUT2D eigenvalue weighted by molar-refractivity contribution is 0.134. The highest BCUT2D eigenvalue weighted by molar-refractivity contribution is 5.39. The van der Waals surface area contributed by atoms with Crippen LogP contribution in [-0.2, 0) is 0 Å². The van der Waals surface area contributed by atoms with Crippen molar-refractivity contribution in [3.63, 3.8) is 0 Å². The second-order valence-electron chi connectivity index (χ2n) is 4.01. The number of benzene rings is 1. The molecule has 0 saturated carbocycles. The molecule has 0 fully saturated rings. The summed E-state index contributed by atoms with van der Waals surface area (Å²) in [4.78, 5) is 0. The minimum atomic E-state index is -0.0373. The van der Waals surface area contributed by atoms with E-state index in [9.17, 15) is 0 Å². The minimum absolute atomic E-state index is 0.0369. The van der Waals surface area contributed by atoms with E-state index in [4.69, 9.17) is 14.9 Å². The first kappa shape index (κ1) is 10.5. The Balaban J connectivity index is 2.07. The topological polar surface area (TPSA) is 49.7 Å². The third-order valence-electron chi connectivity index (χ3n) is 2.93. The Bertz CT molecular complexity index is 320. The van der Waals surface area contributed by atoms with Gasteiger partial charge in [0.15, 0.2) is 0 Å². The zero-order chi connectivity index (χ0) is 10.7. The van der Waals surface area contributed by atoms with Crippen molar-refractivity contribution < 1.29 is 14.9 Å². The van der Waals surface area contributed by atoms with Crippen LogP contribution >= 0.6 is 0 Å². The Morgan fingerprint density at radius 2 is 2.00 bits per heavy atom. The van der Waals surface area contributed by atoms with E-state index < -0.39 is 0 Å². The first-order valence-electron chi connectivity index (χ1n) is 5.28. The largest absolute Gasteiger partial charge is 0.493 e. The Labute approximate surface area is 89.3 Å². The molecular weight excluding hydrogens is 192 g/mol. The number of aliphatic hydroxyl groups is 2. The van der Waals surface area contributed by atoms with Crippen molar-refractivity contribution in [3.8, 4) is 5.75 Å². The van der Waals surface area contributed by atoms with Crippen LogP contribution in [0.25, 0.3) is 0 Å². The summed E-state index contributed by atoms with van der Waals surface area (Å²) >= 11 is 0. The molecule has 2 rings (SSSR count). The molecule has 2 N–H and O–H groups in total. The second-order valence-corrected chi connectivity index (χ2v) is 4.01. The smallest absolute Gasteiger partial charge is 0.122 e. The van der Waals surface area contributed by atoms with Gasteiger partial charge < -0.3 is 14.9 Å². The van der Waals surface area contributed by atoms with Crippen molar-refractivity contribution in [3.05, 3.63) is 29.8 Å². The van der Waals surface area contributed by atoms with Crippen LogP contribution in [0, 0.1) is 5.92 Å². The molecule has 0 aromatic heterocycles. The number of rotatable bonds is 4. The molecule has 0 aliphatic carbocycles. The van der Waals surface area contributed by atoms with Gasteiger partial charge in [0.1, 0.15) is 5.75 Å². The molecule has 0 radical (unpaired) electrons. The Hall–Kier alpha value is -1.06. The molecule has 1 aliphatic heterocycles. The van der Waals surface area contributed by atoms with Crippen molar-refractivity contribution in [2.75, 3.05) is 19.8 Å². The fourth-order valence-electron chi connectivity index (χ4n) is 2.03. The summed E-state index contributed by atoms with van der Waals surface area (Å²) in [6.07, 6.45) is 0.782. The summed E-state index contributed by atoms with van der Waals surface area (Å²) < 4.78 is 5.54. The number of hydrogen-bond donors (Lipinski definition) is 2. The molecule has 3 heteroatoms. The van der Waals surface area contributed by atoms with Crippen molar-refractivity contribution in [1.29, 1.82) is 0 Å². The van der Waals surface area contributed by atoms with Crippen LogP contribution in [0.15, 0.2) is 24.3 Å². The normalized spacial score (nSPS) is 19.0. The van der Waals surface area contributed by atoms with E-state index in [1.165, 1.54) is 5.56 Å². The average Bonchev–Trinajstić information content (AvgIpc) is 2.69. The van der Waals surface area contributed by atoms with Crippen LogP contribution in [0.5, 0.6) is 5.75 Å². The summed E-state index contributed by atoms with van der Waals surface area (Å²) in [6.45, 7) is 0.736. The molecule has 0 amide bonds. The average molecular weight is 208 g/mol. The monoisotopic (exact) mass is 208 g/mol. The molecule has 1 atom stereocenters. The molecule has 15 heavy (non-hydrogen) atoms. The van der Waals surface area contributed by atoms with Gasteiger partial charge in [-0.15, -0.1) is 0 Å². The van der Waals surface area contributed by atoms with Gasteiger partial charge in [0.25, 0.3) is 0 Å². The minimum Gasteiger partial charge on any atom is -0.493 e. The number of para-hydroxylation sites is 1. The molecule has 1 aromatic rings. The van der Waals surface area contributed by atoms with Gasteiger partial charge in [0.05, 0.1) is 6.61 Å². The van der Waals surface area contributed by atoms with E-state index in [2.05, 4.69) is 6.07 Å². The van der Waals surface area contributed by atoms with Gasteiger partial charge in [0, 0.05) is 30.6 Å². The zero-order valence-electron chi connectivity index (χ0n) is 8.60. The van der Waals surface area contributed by atoms with Gasteiger partial charge in [0.2, 0.25) is 0 Å². The predicted octanol–water partition coefficient (Wildman–Crippen LogP) is 1.15. The fourth-order valence-corrected chi connectivity index (χ4v) is 2.03. The highest BCUT2D eigenvalue weighted by Gasteiger charge is 2.25. The zero-order valence-corrected chi connectivity index (χ0v) is 8.60. The predicted molar refractivity (Wildman–Crippen MR) is 57.0 cm³/mol. The van der Waals surface area contributed by atoms with Crippen molar-refractivity contribution in [2.45, 2.75) is 12.3 Å². The molecule has 3 nitrogen and oxygen atoms in total. The maximum absolute atomic E-state index is 9.03. The van der Waals surface area contributed by atoms with Crippen molar-refractivity contribution in [1.82, 2.24) is 0 Å². The first-order chi connectivity index (χ1) is 7.35. The first-order valence-corrected chi connectivity index (χ1v) is 5.28. The van der Waals surface area contributed by atoms with Gasteiger partial charge >= 0.3 is 0 Å². The van der Waals surface area contributed by atoms with Gasteiger partial charge in [-0.25, -0.2) is 0 Å². The third kappa shape index (κ3) is 2.13. The van der Waals surface area contributed by atoms with Crippen molar-refractivity contribution >= 4 is 0 Å². The van der Waals surface area contributed by atoms with Gasteiger partial charge in [-0.3, -0.25) is 0 Å². The number of fused-ring (bicyclic) bond motifs is 1. The Morgan fingerprint density at radius 1 is 1.27 bits per heavy atom. The molecule has 0 bridgehead atoms. The fraction of sp³-hybridized carbons (Fsp3) is 0.500. The molecule has 1 heterocycles. The Morgan fingerprint density at radius 3 is 2.73 bits per heavy atom. The molecule has 0 saturated heterocycles. The van der Waals surface area contributed by atoms with Crippen LogP contribution in [0.1, 0.15) is 17.9 Å². The van der Waals surface area contributed by atoms with Crippen LogP contribution in [0.4, 0.5) is 0 Å². The third-order valence-corrected chi connectivity index (χ3v) is 2.93. The number of hydrogen-bond acceptors (Lipinski definition) is 3. The van der Waals surface area contributed by atoms with Gasteiger partial charge in [-0.1, -0.05) is 18.2 Å². The SMILES string of the molecule is OCC(CO)CC1COc2ccccc21. The molecular formula is C12H16O3.